The molecule has 1 unspecified atom stereocenters. The maximum absolute atomic E-state index is 13.4. The lowest BCUT2D eigenvalue weighted by atomic mass is 9.90. The maximum atomic E-state index is 13.4. The molecule has 1 aliphatic rings. The molecule has 1 saturated heterocycles. The van der Waals surface area contributed by atoms with Crippen LogP contribution in [0.15, 0.2) is 54.6 Å². The first kappa shape index (κ1) is 14.9. The Labute approximate surface area is 130 Å². The van der Waals surface area contributed by atoms with Crippen LogP contribution in [0, 0.1) is 5.82 Å². The first-order chi connectivity index (χ1) is 10.7. The van der Waals surface area contributed by atoms with Crippen molar-refractivity contribution in [2.45, 2.75) is 18.8 Å². The molecule has 2 aromatic carbocycles. The molecule has 1 aliphatic heterocycles. The Morgan fingerprint density at radius 2 is 1.77 bits per heavy atom. The molecule has 0 N–H and O–H groups in total. The molecule has 1 heterocycles. The van der Waals surface area contributed by atoms with Crippen LogP contribution < -0.4 is 0 Å². The summed E-state index contributed by atoms with van der Waals surface area (Å²) in [6.45, 7) is 2.79. The molecule has 114 valence electrons. The Balaban J connectivity index is 1.88. The van der Waals surface area contributed by atoms with Gasteiger partial charge in [-0.05, 0) is 43.6 Å². The van der Waals surface area contributed by atoms with Crippen LogP contribution in [0.2, 0.25) is 0 Å². The zero-order valence-corrected chi connectivity index (χ0v) is 12.5. The van der Waals surface area contributed by atoms with Gasteiger partial charge >= 0.3 is 0 Å². The minimum absolute atomic E-state index is 0.00222. The zero-order valence-electron chi connectivity index (χ0n) is 12.5. The SMILES string of the molecule is O=C(c1cccc(F)c1)C(CN1CCCC1)c1ccccc1. The van der Waals surface area contributed by atoms with Gasteiger partial charge < -0.3 is 4.90 Å². The molecule has 0 aliphatic carbocycles. The highest BCUT2D eigenvalue weighted by atomic mass is 19.1. The number of rotatable bonds is 5. The first-order valence-corrected chi connectivity index (χ1v) is 7.81. The van der Waals surface area contributed by atoms with E-state index in [0.29, 0.717) is 12.1 Å². The van der Waals surface area contributed by atoms with Gasteiger partial charge in [0.15, 0.2) is 5.78 Å². The van der Waals surface area contributed by atoms with Gasteiger partial charge in [0.1, 0.15) is 5.82 Å². The van der Waals surface area contributed by atoms with Crippen molar-refractivity contribution in [1.29, 1.82) is 0 Å². The molecule has 22 heavy (non-hydrogen) atoms. The number of likely N-dealkylation sites (tertiary alicyclic amines) is 1. The third-order valence-electron chi connectivity index (χ3n) is 4.27. The van der Waals surface area contributed by atoms with Gasteiger partial charge in [-0.15, -0.1) is 0 Å². The smallest absolute Gasteiger partial charge is 0.171 e. The molecule has 2 nitrogen and oxygen atoms in total. The Morgan fingerprint density at radius 3 is 2.45 bits per heavy atom. The van der Waals surface area contributed by atoms with Gasteiger partial charge in [0.2, 0.25) is 0 Å². The Bertz CT molecular complexity index is 635. The fourth-order valence-corrected chi connectivity index (χ4v) is 3.09. The number of hydrogen-bond acceptors (Lipinski definition) is 2. The van der Waals surface area contributed by atoms with Gasteiger partial charge in [-0.25, -0.2) is 4.39 Å². The molecule has 3 heteroatoms. The van der Waals surface area contributed by atoms with Crippen LogP contribution in [0.4, 0.5) is 4.39 Å². The van der Waals surface area contributed by atoms with Crippen LogP contribution >= 0.6 is 0 Å². The molecule has 0 aromatic heterocycles. The number of ketones is 1. The fourth-order valence-electron chi connectivity index (χ4n) is 3.09. The molecule has 0 spiro atoms. The van der Waals surface area contributed by atoms with E-state index in [1.165, 1.54) is 25.0 Å². The molecule has 1 fully saturated rings. The minimum Gasteiger partial charge on any atom is -0.302 e. The second-order valence-electron chi connectivity index (χ2n) is 5.85. The van der Waals surface area contributed by atoms with Gasteiger partial charge in [-0.1, -0.05) is 42.5 Å². The number of hydrogen-bond donors (Lipinski definition) is 0. The van der Waals surface area contributed by atoms with Crippen LogP contribution in [0.3, 0.4) is 0 Å². The standard InChI is InChI=1S/C19H20FNO/c20-17-10-6-9-16(13-17)19(22)18(14-21-11-4-5-12-21)15-7-2-1-3-8-15/h1-3,6-10,13,18H,4-5,11-12,14H2. The van der Waals surface area contributed by atoms with E-state index in [-0.39, 0.29) is 17.5 Å². The summed E-state index contributed by atoms with van der Waals surface area (Å²) in [4.78, 5) is 15.2. The van der Waals surface area contributed by atoms with E-state index < -0.39 is 0 Å². The monoisotopic (exact) mass is 297 g/mol. The van der Waals surface area contributed by atoms with Crippen molar-refractivity contribution in [2.75, 3.05) is 19.6 Å². The molecule has 2 aromatic rings. The van der Waals surface area contributed by atoms with Crippen molar-refractivity contribution in [3.8, 4) is 0 Å². The van der Waals surface area contributed by atoms with E-state index in [4.69, 9.17) is 0 Å². The van der Waals surface area contributed by atoms with Crippen molar-refractivity contribution in [1.82, 2.24) is 4.90 Å². The van der Waals surface area contributed by atoms with Gasteiger partial charge in [0.25, 0.3) is 0 Å². The Morgan fingerprint density at radius 1 is 1.05 bits per heavy atom. The number of nitrogens with zero attached hydrogens (tertiary/aromatic N) is 1. The van der Waals surface area contributed by atoms with E-state index >= 15 is 0 Å². The van der Waals surface area contributed by atoms with Crippen LogP contribution in [-0.4, -0.2) is 30.3 Å². The summed E-state index contributed by atoms with van der Waals surface area (Å²) in [6, 6.07) is 15.8. The normalized spacial score (nSPS) is 16.6. The summed E-state index contributed by atoms with van der Waals surface area (Å²) in [5, 5.41) is 0. The van der Waals surface area contributed by atoms with Gasteiger partial charge in [-0.3, -0.25) is 4.79 Å². The summed E-state index contributed by atoms with van der Waals surface area (Å²) in [7, 11) is 0. The highest BCUT2D eigenvalue weighted by molar-refractivity contribution is 6.01. The fraction of sp³-hybridized carbons (Fsp3) is 0.316. The average Bonchev–Trinajstić information content (AvgIpc) is 3.06. The van der Waals surface area contributed by atoms with Crippen molar-refractivity contribution in [3.05, 3.63) is 71.5 Å². The lowest BCUT2D eigenvalue weighted by Crippen LogP contribution is -2.30. The van der Waals surface area contributed by atoms with Crippen molar-refractivity contribution >= 4 is 5.78 Å². The van der Waals surface area contributed by atoms with Gasteiger partial charge in [0.05, 0.1) is 5.92 Å². The maximum Gasteiger partial charge on any atom is 0.171 e. The molecule has 0 saturated carbocycles. The van der Waals surface area contributed by atoms with Gasteiger partial charge in [-0.2, -0.15) is 0 Å². The second-order valence-corrected chi connectivity index (χ2v) is 5.85. The van der Waals surface area contributed by atoms with E-state index in [1.807, 2.05) is 30.3 Å². The topological polar surface area (TPSA) is 20.3 Å². The van der Waals surface area contributed by atoms with E-state index in [1.54, 1.807) is 12.1 Å². The summed E-state index contributed by atoms with van der Waals surface area (Å²) in [5.41, 5.74) is 1.46. The quantitative estimate of drug-likeness (QED) is 0.780. The molecule has 1 atom stereocenters. The molecule has 0 bridgehead atoms. The lowest BCUT2D eigenvalue weighted by Gasteiger charge is -2.23. The minimum atomic E-state index is -0.362. The van der Waals surface area contributed by atoms with Gasteiger partial charge in [0, 0.05) is 12.1 Å². The molecule has 0 radical (unpaired) electrons. The third-order valence-corrected chi connectivity index (χ3v) is 4.27. The third kappa shape index (κ3) is 3.42. The summed E-state index contributed by atoms with van der Waals surface area (Å²) in [6.07, 6.45) is 2.38. The second kappa shape index (κ2) is 6.84. The number of Topliss-reactive ketones (excluding diaryl/α,β-unsaturated/α-hetero) is 1. The largest absolute Gasteiger partial charge is 0.302 e. The van der Waals surface area contributed by atoms with E-state index in [9.17, 15) is 9.18 Å². The number of carbonyl (C=O) groups excluding carboxylic acids is 1. The molecule has 0 amide bonds. The average molecular weight is 297 g/mol. The van der Waals surface area contributed by atoms with Crippen molar-refractivity contribution < 1.29 is 9.18 Å². The van der Waals surface area contributed by atoms with Crippen molar-refractivity contribution in [2.24, 2.45) is 0 Å². The highest BCUT2D eigenvalue weighted by Gasteiger charge is 2.26. The highest BCUT2D eigenvalue weighted by Crippen LogP contribution is 2.24. The van der Waals surface area contributed by atoms with Crippen molar-refractivity contribution in [3.63, 3.8) is 0 Å². The Kier molecular flexibility index (Phi) is 4.64. The van der Waals surface area contributed by atoms with E-state index in [2.05, 4.69) is 4.90 Å². The number of benzene rings is 2. The predicted molar refractivity (Wildman–Crippen MR) is 85.6 cm³/mol. The molecule has 3 rings (SSSR count). The summed E-state index contributed by atoms with van der Waals surface area (Å²) >= 11 is 0. The number of carbonyl (C=O) groups is 1. The molecular weight excluding hydrogens is 277 g/mol. The summed E-state index contributed by atoms with van der Waals surface area (Å²) in [5.74, 6) is -0.600. The van der Waals surface area contributed by atoms with Crippen LogP contribution in [0.25, 0.3) is 0 Å². The first-order valence-electron chi connectivity index (χ1n) is 7.81. The lowest BCUT2D eigenvalue weighted by molar-refractivity contribution is 0.0939. The molecular formula is C19H20FNO. The van der Waals surface area contributed by atoms with Crippen LogP contribution in [-0.2, 0) is 0 Å². The van der Waals surface area contributed by atoms with E-state index in [0.717, 1.165) is 18.7 Å². The number of halogens is 1. The van der Waals surface area contributed by atoms with Crippen LogP contribution in [0.5, 0.6) is 0 Å². The van der Waals surface area contributed by atoms with Crippen LogP contribution in [0.1, 0.15) is 34.7 Å². The predicted octanol–water partition coefficient (Wildman–Crippen LogP) is 3.89. The summed E-state index contributed by atoms with van der Waals surface area (Å²) < 4.78 is 13.4. The zero-order chi connectivity index (χ0) is 15.4. The Hall–Kier alpha value is -2.00.